The second-order valence-electron chi connectivity index (χ2n) is 5.38. The van der Waals surface area contributed by atoms with E-state index in [0.29, 0.717) is 5.02 Å². The van der Waals surface area contributed by atoms with Crippen molar-refractivity contribution < 1.29 is 0 Å². The summed E-state index contributed by atoms with van der Waals surface area (Å²) in [4.78, 5) is 4.52. The number of hydrogen-bond acceptors (Lipinski definition) is 2. The zero-order valence-electron chi connectivity index (χ0n) is 12.1. The van der Waals surface area contributed by atoms with Crippen LogP contribution in [0.15, 0.2) is 48.5 Å². The summed E-state index contributed by atoms with van der Waals surface area (Å²) in [5, 5.41) is 1.82. The fraction of sp³-hybridized carbons (Fsp3) is 0.167. The van der Waals surface area contributed by atoms with E-state index in [2.05, 4.69) is 24.0 Å². The van der Waals surface area contributed by atoms with Crippen LogP contribution in [0.5, 0.6) is 0 Å². The van der Waals surface area contributed by atoms with Crippen LogP contribution < -0.4 is 5.73 Å². The molecule has 1 unspecified atom stereocenters. The molecule has 0 aliphatic heterocycles. The Balaban J connectivity index is 2.07. The summed E-state index contributed by atoms with van der Waals surface area (Å²) in [6.45, 7) is 4.05. The van der Waals surface area contributed by atoms with E-state index in [4.69, 9.17) is 17.3 Å². The van der Waals surface area contributed by atoms with Crippen LogP contribution in [0, 0.1) is 13.8 Å². The highest BCUT2D eigenvalue weighted by atomic mass is 35.5. The summed E-state index contributed by atoms with van der Waals surface area (Å²) in [7, 11) is 0. The standard InChI is InChI=1S/C18H17ClN2/c1-11-3-7-15(19)10-16(11)18(20)14-6-8-17-13(9-14)5-4-12(2)21-17/h3-10,18H,20H2,1-2H3. The van der Waals surface area contributed by atoms with Crippen molar-refractivity contribution in [2.75, 3.05) is 0 Å². The summed E-state index contributed by atoms with van der Waals surface area (Å²) in [5.41, 5.74) is 11.7. The lowest BCUT2D eigenvalue weighted by Gasteiger charge is -2.16. The first-order valence-corrected chi connectivity index (χ1v) is 7.31. The molecule has 0 amide bonds. The number of benzene rings is 2. The van der Waals surface area contributed by atoms with Crippen LogP contribution in [0.3, 0.4) is 0 Å². The van der Waals surface area contributed by atoms with Crippen molar-refractivity contribution >= 4 is 22.5 Å². The molecule has 0 saturated carbocycles. The first kappa shape index (κ1) is 14.1. The van der Waals surface area contributed by atoms with Gasteiger partial charge in [-0.2, -0.15) is 0 Å². The number of nitrogens with zero attached hydrogens (tertiary/aromatic N) is 1. The highest BCUT2D eigenvalue weighted by molar-refractivity contribution is 6.30. The highest BCUT2D eigenvalue weighted by Gasteiger charge is 2.12. The summed E-state index contributed by atoms with van der Waals surface area (Å²) in [6, 6.07) is 15.9. The second kappa shape index (κ2) is 5.47. The topological polar surface area (TPSA) is 38.9 Å². The quantitative estimate of drug-likeness (QED) is 0.753. The van der Waals surface area contributed by atoms with Gasteiger partial charge in [0.2, 0.25) is 0 Å². The molecule has 2 N–H and O–H groups in total. The molecule has 1 heterocycles. The molecule has 1 atom stereocenters. The number of hydrogen-bond donors (Lipinski definition) is 1. The molecule has 21 heavy (non-hydrogen) atoms. The van der Waals surface area contributed by atoms with Crippen LogP contribution in [0.2, 0.25) is 5.02 Å². The van der Waals surface area contributed by atoms with Gasteiger partial charge in [0.15, 0.2) is 0 Å². The van der Waals surface area contributed by atoms with Gasteiger partial charge in [-0.25, -0.2) is 0 Å². The average Bonchev–Trinajstić information content (AvgIpc) is 2.48. The number of halogens is 1. The monoisotopic (exact) mass is 296 g/mol. The van der Waals surface area contributed by atoms with E-state index in [0.717, 1.165) is 33.3 Å². The molecule has 3 rings (SSSR count). The van der Waals surface area contributed by atoms with Crippen LogP contribution in [-0.2, 0) is 0 Å². The number of aromatic nitrogens is 1. The Bertz CT molecular complexity index is 811. The van der Waals surface area contributed by atoms with E-state index in [-0.39, 0.29) is 6.04 Å². The first-order chi connectivity index (χ1) is 10.0. The molecular formula is C18H17ClN2. The van der Waals surface area contributed by atoms with Gasteiger partial charge in [-0.05, 0) is 60.9 Å². The van der Waals surface area contributed by atoms with Gasteiger partial charge in [-0.15, -0.1) is 0 Å². The Kier molecular flexibility index (Phi) is 3.66. The SMILES string of the molecule is Cc1ccc2cc(C(N)c3cc(Cl)ccc3C)ccc2n1. The fourth-order valence-electron chi connectivity index (χ4n) is 2.57. The molecule has 2 nitrogen and oxygen atoms in total. The van der Waals surface area contributed by atoms with Gasteiger partial charge < -0.3 is 5.73 Å². The minimum atomic E-state index is -0.186. The Labute approximate surface area is 129 Å². The number of rotatable bonds is 2. The minimum absolute atomic E-state index is 0.186. The maximum absolute atomic E-state index is 6.43. The smallest absolute Gasteiger partial charge is 0.0705 e. The van der Waals surface area contributed by atoms with Crippen LogP contribution in [0.4, 0.5) is 0 Å². The van der Waals surface area contributed by atoms with Gasteiger partial charge in [0.05, 0.1) is 11.6 Å². The molecule has 0 fully saturated rings. The molecule has 1 aromatic heterocycles. The van der Waals surface area contributed by atoms with Crippen LogP contribution in [-0.4, -0.2) is 4.98 Å². The molecule has 3 aromatic rings. The van der Waals surface area contributed by atoms with Crippen molar-refractivity contribution in [2.45, 2.75) is 19.9 Å². The van der Waals surface area contributed by atoms with E-state index >= 15 is 0 Å². The van der Waals surface area contributed by atoms with E-state index in [1.807, 2.05) is 43.3 Å². The molecule has 0 saturated heterocycles. The molecule has 2 aromatic carbocycles. The van der Waals surface area contributed by atoms with Crippen molar-refractivity contribution in [2.24, 2.45) is 5.73 Å². The van der Waals surface area contributed by atoms with Crippen LogP contribution in [0.25, 0.3) is 10.9 Å². The third-order valence-electron chi connectivity index (χ3n) is 3.79. The predicted molar refractivity (Wildman–Crippen MR) is 88.7 cm³/mol. The number of pyridine rings is 1. The Morgan fingerprint density at radius 3 is 2.62 bits per heavy atom. The lowest BCUT2D eigenvalue weighted by atomic mass is 9.95. The maximum atomic E-state index is 6.43. The summed E-state index contributed by atoms with van der Waals surface area (Å²) in [5.74, 6) is 0. The average molecular weight is 297 g/mol. The summed E-state index contributed by atoms with van der Waals surface area (Å²) >= 11 is 6.10. The summed E-state index contributed by atoms with van der Waals surface area (Å²) in [6.07, 6.45) is 0. The number of aryl methyl sites for hydroxylation is 2. The van der Waals surface area contributed by atoms with E-state index in [1.165, 1.54) is 0 Å². The first-order valence-electron chi connectivity index (χ1n) is 6.93. The molecule has 106 valence electrons. The second-order valence-corrected chi connectivity index (χ2v) is 5.82. The molecular weight excluding hydrogens is 280 g/mol. The molecule has 0 bridgehead atoms. The van der Waals surface area contributed by atoms with Crippen molar-refractivity contribution in [3.63, 3.8) is 0 Å². The third kappa shape index (κ3) is 2.78. The van der Waals surface area contributed by atoms with Gasteiger partial charge in [-0.3, -0.25) is 4.98 Å². The van der Waals surface area contributed by atoms with Crippen molar-refractivity contribution in [3.05, 3.63) is 75.9 Å². The Morgan fingerprint density at radius 1 is 1.00 bits per heavy atom. The molecule has 3 heteroatoms. The van der Waals surface area contributed by atoms with E-state index in [1.54, 1.807) is 0 Å². The molecule has 0 radical (unpaired) electrons. The number of nitrogens with two attached hydrogens (primary N) is 1. The van der Waals surface area contributed by atoms with Gasteiger partial charge in [0.25, 0.3) is 0 Å². The van der Waals surface area contributed by atoms with Gasteiger partial charge in [-0.1, -0.05) is 29.8 Å². The summed E-state index contributed by atoms with van der Waals surface area (Å²) < 4.78 is 0. The Morgan fingerprint density at radius 2 is 1.81 bits per heavy atom. The van der Waals surface area contributed by atoms with Crippen molar-refractivity contribution in [1.82, 2.24) is 4.98 Å². The van der Waals surface area contributed by atoms with Gasteiger partial charge in [0.1, 0.15) is 0 Å². The Hall–Kier alpha value is -1.90. The molecule has 0 aliphatic rings. The van der Waals surface area contributed by atoms with Crippen molar-refractivity contribution in [1.29, 1.82) is 0 Å². The van der Waals surface area contributed by atoms with Crippen molar-refractivity contribution in [3.8, 4) is 0 Å². The molecule has 0 aliphatic carbocycles. The minimum Gasteiger partial charge on any atom is -0.320 e. The van der Waals surface area contributed by atoms with Gasteiger partial charge >= 0.3 is 0 Å². The lowest BCUT2D eigenvalue weighted by Crippen LogP contribution is -2.13. The van der Waals surface area contributed by atoms with E-state index in [9.17, 15) is 0 Å². The maximum Gasteiger partial charge on any atom is 0.0705 e. The third-order valence-corrected chi connectivity index (χ3v) is 4.02. The van der Waals surface area contributed by atoms with E-state index < -0.39 is 0 Å². The van der Waals surface area contributed by atoms with Crippen LogP contribution in [0.1, 0.15) is 28.4 Å². The normalized spacial score (nSPS) is 12.6. The number of fused-ring (bicyclic) bond motifs is 1. The zero-order chi connectivity index (χ0) is 15.0. The lowest BCUT2D eigenvalue weighted by molar-refractivity contribution is 0.863. The van der Waals surface area contributed by atoms with Gasteiger partial charge in [0, 0.05) is 16.1 Å². The van der Waals surface area contributed by atoms with Crippen LogP contribution >= 0.6 is 11.6 Å². The molecule has 0 spiro atoms. The largest absolute Gasteiger partial charge is 0.320 e. The predicted octanol–water partition coefficient (Wildman–Crippen LogP) is 4.55. The highest BCUT2D eigenvalue weighted by Crippen LogP contribution is 2.27. The fourth-order valence-corrected chi connectivity index (χ4v) is 2.75. The zero-order valence-corrected chi connectivity index (χ0v) is 12.9.